The zero-order valence-corrected chi connectivity index (χ0v) is 8.17. The van der Waals surface area contributed by atoms with Crippen LogP contribution in [-0.4, -0.2) is 9.07 Å². The molecular weight excluding hydrogens is 215 g/mol. The summed E-state index contributed by atoms with van der Waals surface area (Å²) in [6.45, 7) is 0. The van der Waals surface area contributed by atoms with Crippen molar-refractivity contribution >= 4 is 46.6 Å². The number of benzene rings is 1. The van der Waals surface area contributed by atoms with Gasteiger partial charge in [0.2, 0.25) is 0 Å². The van der Waals surface area contributed by atoms with Crippen LogP contribution in [0.3, 0.4) is 0 Å². The first-order valence-electron chi connectivity index (χ1n) is 3.25. The summed E-state index contributed by atoms with van der Waals surface area (Å²) < 4.78 is 1.83. The lowest BCUT2D eigenvalue weighted by Crippen LogP contribution is -1.76. The lowest BCUT2D eigenvalue weighted by molar-refractivity contribution is 1.21. The van der Waals surface area contributed by atoms with Gasteiger partial charge in [-0.3, -0.25) is 0 Å². The van der Waals surface area contributed by atoms with Gasteiger partial charge in [-0.1, -0.05) is 17.7 Å². The second-order valence-corrected chi connectivity index (χ2v) is 3.48. The average Bonchev–Trinajstić information content (AvgIpc) is 2.32. The normalized spacial score (nSPS) is 10.8. The molecule has 2 rings (SSSR count). The highest BCUT2D eigenvalue weighted by molar-refractivity contribution is 7.71. The second kappa shape index (κ2) is 2.76. The van der Waals surface area contributed by atoms with Crippen LogP contribution in [0.1, 0.15) is 0 Å². The standard InChI is InChI=1S/C7H4Cl2N2S/c8-4-2-1-3-5-6(4)10-7(12)11(5)9/h1-3H,(H,10,12). The van der Waals surface area contributed by atoms with Crippen molar-refractivity contribution in [1.82, 2.24) is 9.07 Å². The summed E-state index contributed by atoms with van der Waals surface area (Å²) in [7, 11) is 0. The van der Waals surface area contributed by atoms with E-state index in [-0.39, 0.29) is 0 Å². The Hall–Kier alpha value is -0.510. The quantitative estimate of drug-likeness (QED) is 0.673. The Morgan fingerprint density at radius 1 is 1.42 bits per heavy atom. The van der Waals surface area contributed by atoms with Gasteiger partial charge in [0.1, 0.15) is 0 Å². The molecule has 0 atom stereocenters. The van der Waals surface area contributed by atoms with Crippen molar-refractivity contribution < 1.29 is 0 Å². The lowest BCUT2D eigenvalue weighted by atomic mass is 10.3. The fourth-order valence-electron chi connectivity index (χ4n) is 1.07. The number of hydrogen-bond acceptors (Lipinski definition) is 1. The Bertz CT molecular complexity index is 486. The molecule has 2 aromatic rings. The molecule has 12 heavy (non-hydrogen) atoms. The third-order valence-electron chi connectivity index (χ3n) is 1.61. The molecule has 0 saturated carbocycles. The summed E-state index contributed by atoms with van der Waals surface area (Å²) in [6, 6.07) is 5.46. The SMILES string of the molecule is S=c1[nH]c2c(Cl)cccc2n1Cl. The molecule has 0 saturated heterocycles. The monoisotopic (exact) mass is 218 g/mol. The topological polar surface area (TPSA) is 20.7 Å². The first kappa shape index (κ1) is 8.10. The van der Waals surface area contributed by atoms with Gasteiger partial charge >= 0.3 is 0 Å². The summed E-state index contributed by atoms with van der Waals surface area (Å²) >= 11 is 16.7. The van der Waals surface area contributed by atoms with Crippen LogP contribution < -0.4 is 0 Å². The zero-order valence-electron chi connectivity index (χ0n) is 5.84. The minimum Gasteiger partial charge on any atom is -0.328 e. The van der Waals surface area contributed by atoms with E-state index in [4.69, 9.17) is 35.6 Å². The van der Waals surface area contributed by atoms with Crippen LogP contribution in [0.5, 0.6) is 0 Å². The van der Waals surface area contributed by atoms with Gasteiger partial charge < -0.3 is 4.98 Å². The van der Waals surface area contributed by atoms with Crippen LogP contribution in [0.4, 0.5) is 0 Å². The number of para-hydroxylation sites is 1. The van der Waals surface area contributed by atoms with Crippen LogP contribution in [0.25, 0.3) is 11.0 Å². The Balaban J connectivity index is 3.05. The molecule has 1 heterocycles. The number of aromatic amines is 1. The van der Waals surface area contributed by atoms with E-state index in [2.05, 4.69) is 4.98 Å². The minimum atomic E-state index is 0.458. The van der Waals surface area contributed by atoms with E-state index in [1.54, 1.807) is 6.07 Å². The molecule has 1 N–H and O–H groups in total. The molecule has 0 aliphatic rings. The van der Waals surface area contributed by atoms with E-state index in [1.165, 1.54) is 4.09 Å². The number of rotatable bonds is 0. The third kappa shape index (κ3) is 1.05. The van der Waals surface area contributed by atoms with E-state index in [9.17, 15) is 0 Å². The highest BCUT2D eigenvalue weighted by Crippen LogP contribution is 2.22. The van der Waals surface area contributed by atoms with E-state index < -0.39 is 0 Å². The summed E-state index contributed by atoms with van der Waals surface area (Å²) in [5.41, 5.74) is 1.58. The molecule has 0 bridgehead atoms. The molecule has 0 spiro atoms. The van der Waals surface area contributed by atoms with Crippen LogP contribution in [0.2, 0.25) is 5.02 Å². The van der Waals surface area contributed by atoms with E-state index in [1.807, 2.05) is 12.1 Å². The minimum absolute atomic E-state index is 0.458. The van der Waals surface area contributed by atoms with E-state index in [0.29, 0.717) is 9.79 Å². The predicted octanol–water partition coefficient (Wildman–Crippen LogP) is 3.35. The van der Waals surface area contributed by atoms with E-state index >= 15 is 0 Å². The van der Waals surface area contributed by atoms with Crippen molar-refractivity contribution in [3.05, 3.63) is 28.0 Å². The Morgan fingerprint density at radius 3 is 2.83 bits per heavy atom. The van der Waals surface area contributed by atoms with E-state index in [0.717, 1.165) is 11.0 Å². The molecule has 2 nitrogen and oxygen atoms in total. The van der Waals surface area contributed by atoms with Gasteiger partial charge in [-0.15, -0.1) is 0 Å². The number of halogens is 2. The maximum Gasteiger partial charge on any atom is 0.193 e. The van der Waals surface area contributed by atoms with Gasteiger partial charge in [-0.2, -0.15) is 0 Å². The number of fused-ring (bicyclic) bond motifs is 1. The maximum atomic E-state index is 5.89. The molecule has 0 aliphatic carbocycles. The van der Waals surface area contributed by atoms with Gasteiger partial charge in [-0.05, 0) is 24.4 Å². The highest BCUT2D eigenvalue weighted by atomic mass is 35.5. The Morgan fingerprint density at radius 2 is 2.17 bits per heavy atom. The average molecular weight is 219 g/mol. The van der Waals surface area contributed by atoms with Crippen molar-refractivity contribution in [2.75, 3.05) is 0 Å². The van der Waals surface area contributed by atoms with Crippen LogP contribution in [-0.2, 0) is 0 Å². The number of aromatic nitrogens is 2. The lowest BCUT2D eigenvalue weighted by Gasteiger charge is -1.91. The summed E-state index contributed by atoms with van der Waals surface area (Å²) in [4.78, 5) is 2.91. The summed E-state index contributed by atoms with van der Waals surface area (Å²) in [6.07, 6.45) is 0. The molecule has 62 valence electrons. The molecule has 0 unspecified atom stereocenters. The number of nitrogens with one attached hydrogen (secondary N) is 1. The van der Waals surface area contributed by atoms with Crippen LogP contribution in [0, 0.1) is 4.77 Å². The maximum absolute atomic E-state index is 5.89. The number of imidazole rings is 1. The summed E-state index contributed by atoms with van der Waals surface area (Å²) in [5, 5.41) is 0.623. The fourth-order valence-corrected chi connectivity index (χ4v) is 1.67. The number of hydrogen-bond donors (Lipinski definition) is 1. The smallest absolute Gasteiger partial charge is 0.193 e. The first-order valence-corrected chi connectivity index (χ1v) is 4.38. The van der Waals surface area contributed by atoms with Gasteiger partial charge in [0.05, 0.1) is 16.1 Å². The number of H-pyrrole nitrogens is 1. The van der Waals surface area contributed by atoms with Crippen molar-refractivity contribution in [3.8, 4) is 0 Å². The third-order valence-corrected chi connectivity index (χ3v) is 2.66. The molecule has 0 fully saturated rings. The Kier molecular flexibility index (Phi) is 1.87. The van der Waals surface area contributed by atoms with Gasteiger partial charge in [0.25, 0.3) is 0 Å². The molecule has 1 aromatic heterocycles. The van der Waals surface area contributed by atoms with Crippen molar-refractivity contribution in [1.29, 1.82) is 0 Å². The molecule has 1 aromatic carbocycles. The van der Waals surface area contributed by atoms with Gasteiger partial charge in [-0.25, -0.2) is 4.09 Å². The molecule has 0 aliphatic heterocycles. The summed E-state index contributed by atoms with van der Waals surface area (Å²) in [5.74, 6) is 0. The molecule has 0 amide bonds. The van der Waals surface area contributed by atoms with Crippen molar-refractivity contribution in [2.45, 2.75) is 0 Å². The zero-order chi connectivity index (χ0) is 8.72. The molecule has 5 heteroatoms. The van der Waals surface area contributed by atoms with Crippen LogP contribution in [0.15, 0.2) is 18.2 Å². The van der Waals surface area contributed by atoms with Crippen LogP contribution >= 0.6 is 35.6 Å². The van der Waals surface area contributed by atoms with Crippen molar-refractivity contribution in [2.24, 2.45) is 0 Å². The molecule has 0 radical (unpaired) electrons. The second-order valence-electron chi connectivity index (χ2n) is 2.34. The molecular formula is C7H4Cl2N2S. The predicted molar refractivity (Wildman–Crippen MR) is 53.4 cm³/mol. The number of nitrogens with zero attached hydrogens (tertiary/aromatic N) is 1. The van der Waals surface area contributed by atoms with Crippen molar-refractivity contribution in [3.63, 3.8) is 0 Å². The van der Waals surface area contributed by atoms with Gasteiger partial charge in [0, 0.05) is 11.8 Å². The largest absolute Gasteiger partial charge is 0.328 e. The Labute approximate surface area is 83.8 Å². The first-order chi connectivity index (χ1) is 5.70. The van der Waals surface area contributed by atoms with Gasteiger partial charge in [0.15, 0.2) is 4.77 Å². The highest BCUT2D eigenvalue weighted by Gasteiger charge is 2.03. The fraction of sp³-hybridized carbons (Fsp3) is 0.